The first-order valence-electron chi connectivity index (χ1n) is 5.30. The Bertz CT molecular complexity index is 491. The van der Waals surface area contributed by atoms with Crippen LogP contribution in [0.4, 0.5) is 0 Å². The summed E-state index contributed by atoms with van der Waals surface area (Å²) in [6.45, 7) is 3.98. The van der Waals surface area contributed by atoms with E-state index in [-0.39, 0.29) is 0 Å². The van der Waals surface area contributed by atoms with E-state index in [0.717, 1.165) is 23.7 Å². The number of nitrogens with zero attached hydrogens (tertiary/aromatic N) is 3. The zero-order valence-corrected chi connectivity index (χ0v) is 9.77. The lowest BCUT2D eigenvalue weighted by atomic mass is 10.1. The Morgan fingerprint density at radius 1 is 1.38 bits per heavy atom. The quantitative estimate of drug-likeness (QED) is 0.790. The van der Waals surface area contributed by atoms with Crippen molar-refractivity contribution in [3.63, 3.8) is 0 Å². The highest BCUT2D eigenvalue weighted by Gasteiger charge is 2.07. The lowest BCUT2D eigenvalue weighted by Gasteiger charge is -2.09. The number of aromatic nitrogens is 3. The third-order valence-electron chi connectivity index (χ3n) is 2.51. The van der Waals surface area contributed by atoms with Crippen LogP contribution in [0.2, 0.25) is 0 Å². The van der Waals surface area contributed by atoms with Crippen LogP contribution < -0.4 is 4.74 Å². The average molecular weight is 217 g/mol. The van der Waals surface area contributed by atoms with Gasteiger partial charge in [-0.25, -0.2) is 9.67 Å². The van der Waals surface area contributed by atoms with Gasteiger partial charge >= 0.3 is 0 Å². The number of hydrogen-bond acceptors (Lipinski definition) is 3. The zero-order valence-electron chi connectivity index (χ0n) is 9.77. The Labute approximate surface area is 94.9 Å². The summed E-state index contributed by atoms with van der Waals surface area (Å²) in [4.78, 5) is 4.11. The van der Waals surface area contributed by atoms with Gasteiger partial charge in [0.2, 0.25) is 0 Å². The van der Waals surface area contributed by atoms with Crippen LogP contribution in [-0.2, 0) is 6.42 Å². The molecule has 0 N–H and O–H groups in total. The van der Waals surface area contributed by atoms with Gasteiger partial charge in [-0.3, -0.25) is 0 Å². The van der Waals surface area contributed by atoms with E-state index in [1.54, 1.807) is 18.1 Å². The lowest BCUT2D eigenvalue weighted by molar-refractivity contribution is 0.411. The summed E-state index contributed by atoms with van der Waals surface area (Å²) >= 11 is 0. The van der Waals surface area contributed by atoms with Crippen LogP contribution >= 0.6 is 0 Å². The number of hydrogen-bond donors (Lipinski definition) is 0. The molecule has 4 nitrogen and oxygen atoms in total. The van der Waals surface area contributed by atoms with Crippen LogP contribution in [0, 0.1) is 6.92 Å². The minimum Gasteiger partial charge on any atom is -0.494 e. The Morgan fingerprint density at radius 3 is 2.75 bits per heavy atom. The molecule has 2 rings (SSSR count). The predicted octanol–water partition coefficient (Wildman–Crippen LogP) is 2.15. The van der Waals surface area contributed by atoms with Crippen molar-refractivity contribution in [1.82, 2.24) is 14.8 Å². The van der Waals surface area contributed by atoms with Crippen molar-refractivity contribution in [2.45, 2.75) is 20.3 Å². The van der Waals surface area contributed by atoms with E-state index < -0.39 is 0 Å². The van der Waals surface area contributed by atoms with Crippen molar-refractivity contribution in [2.24, 2.45) is 0 Å². The van der Waals surface area contributed by atoms with Crippen LogP contribution in [0.5, 0.6) is 5.75 Å². The number of benzene rings is 1. The van der Waals surface area contributed by atoms with Crippen molar-refractivity contribution in [1.29, 1.82) is 0 Å². The van der Waals surface area contributed by atoms with Crippen LogP contribution in [0.25, 0.3) is 5.69 Å². The molecule has 0 spiro atoms. The van der Waals surface area contributed by atoms with Gasteiger partial charge in [0.25, 0.3) is 0 Å². The monoisotopic (exact) mass is 217 g/mol. The fraction of sp³-hybridized carbons (Fsp3) is 0.333. The molecule has 0 unspecified atom stereocenters. The Balaban J connectivity index is 2.48. The van der Waals surface area contributed by atoms with E-state index >= 15 is 0 Å². The summed E-state index contributed by atoms with van der Waals surface area (Å²) in [5.74, 6) is 1.57. The molecule has 0 saturated carbocycles. The second kappa shape index (κ2) is 4.35. The lowest BCUT2D eigenvalue weighted by Crippen LogP contribution is -1.99. The SMILES string of the molecule is CCc1ccc(-n2cnc(C)n2)c(OC)c1. The molecule has 1 aromatic carbocycles. The summed E-state index contributed by atoms with van der Waals surface area (Å²) in [6.07, 6.45) is 2.69. The van der Waals surface area contributed by atoms with E-state index in [4.69, 9.17) is 4.74 Å². The molecule has 0 atom stereocenters. The molecular weight excluding hydrogens is 202 g/mol. The normalized spacial score (nSPS) is 10.4. The van der Waals surface area contributed by atoms with Gasteiger partial charge in [0.15, 0.2) is 0 Å². The van der Waals surface area contributed by atoms with Gasteiger partial charge < -0.3 is 4.74 Å². The molecule has 4 heteroatoms. The Hall–Kier alpha value is -1.84. The van der Waals surface area contributed by atoms with Crippen molar-refractivity contribution in [3.05, 3.63) is 35.9 Å². The minimum absolute atomic E-state index is 0.752. The summed E-state index contributed by atoms with van der Waals surface area (Å²) in [5, 5.41) is 4.27. The molecule has 0 bridgehead atoms. The van der Waals surface area contributed by atoms with Gasteiger partial charge in [0.1, 0.15) is 23.6 Å². The molecule has 0 amide bonds. The highest BCUT2D eigenvalue weighted by atomic mass is 16.5. The van der Waals surface area contributed by atoms with Crippen LogP contribution in [0.3, 0.4) is 0 Å². The zero-order chi connectivity index (χ0) is 11.5. The van der Waals surface area contributed by atoms with Crippen molar-refractivity contribution < 1.29 is 4.74 Å². The van der Waals surface area contributed by atoms with Crippen LogP contribution in [0.1, 0.15) is 18.3 Å². The molecule has 0 aliphatic heterocycles. The van der Waals surface area contributed by atoms with E-state index in [2.05, 4.69) is 23.1 Å². The first-order chi connectivity index (χ1) is 7.74. The van der Waals surface area contributed by atoms with Gasteiger partial charge in [-0.05, 0) is 31.0 Å². The van der Waals surface area contributed by atoms with Gasteiger partial charge in [-0.15, -0.1) is 0 Å². The molecule has 0 aliphatic rings. The second-order valence-corrected chi connectivity index (χ2v) is 3.60. The first-order valence-corrected chi connectivity index (χ1v) is 5.30. The first kappa shape index (κ1) is 10.7. The van der Waals surface area contributed by atoms with Gasteiger partial charge in [-0.2, -0.15) is 5.10 Å². The molecule has 0 radical (unpaired) electrons. The summed E-state index contributed by atoms with van der Waals surface area (Å²) in [6, 6.07) is 6.12. The van der Waals surface area contributed by atoms with E-state index in [0.29, 0.717) is 0 Å². The van der Waals surface area contributed by atoms with Crippen LogP contribution in [-0.4, -0.2) is 21.9 Å². The predicted molar refractivity (Wildman–Crippen MR) is 62.0 cm³/mol. The van der Waals surface area contributed by atoms with E-state index in [1.807, 2.05) is 19.1 Å². The van der Waals surface area contributed by atoms with Crippen molar-refractivity contribution in [2.75, 3.05) is 7.11 Å². The highest BCUT2D eigenvalue weighted by Crippen LogP contribution is 2.23. The van der Waals surface area contributed by atoms with Crippen molar-refractivity contribution >= 4 is 0 Å². The fourth-order valence-corrected chi connectivity index (χ4v) is 1.59. The molecule has 84 valence electrons. The standard InChI is InChI=1S/C12H15N3O/c1-4-10-5-6-11(12(7-10)16-3)15-8-13-9(2)14-15/h5-8H,4H2,1-3H3. The maximum absolute atomic E-state index is 5.36. The summed E-state index contributed by atoms with van der Waals surface area (Å²) in [7, 11) is 1.67. The van der Waals surface area contributed by atoms with Crippen molar-refractivity contribution in [3.8, 4) is 11.4 Å². The maximum Gasteiger partial charge on any atom is 0.147 e. The Kier molecular flexibility index (Phi) is 2.90. The maximum atomic E-state index is 5.36. The van der Waals surface area contributed by atoms with Gasteiger partial charge in [0, 0.05) is 0 Å². The molecule has 0 fully saturated rings. The topological polar surface area (TPSA) is 39.9 Å². The number of aryl methyl sites for hydroxylation is 2. The second-order valence-electron chi connectivity index (χ2n) is 3.60. The van der Waals surface area contributed by atoms with Crippen LogP contribution in [0.15, 0.2) is 24.5 Å². The number of methoxy groups -OCH3 is 1. The minimum atomic E-state index is 0.752. The van der Waals surface area contributed by atoms with Gasteiger partial charge in [-0.1, -0.05) is 13.0 Å². The third kappa shape index (κ3) is 1.91. The largest absolute Gasteiger partial charge is 0.494 e. The molecule has 0 saturated heterocycles. The highest BCUT2D eigenvalue weighted by molar-refractivity contribution is 5.48. The van der Waals surface area contributed by atoms with Gasteiger partial charge in [0.05, 0.1) is 7.11 Å². The number of ether oxygens (including phenoxy) is 1. The summed E-state index contributed by atoms with van der Waals surface area (Å²) in [5.41, 5.74) is 2.16. The molecule has 0 aliphatic carbocycles. The third-order valence-corrected chi connectivity index (χ3v) is 2.51. The average Bonchev–Trinajstić information content (AvgIpc) is 2.74. The Morgan fingerprint density at radius 2 is 2.19 bits per heavy atom. The molecule has 1 heterocycles. The molecule has 1 aromatic heterocycles. The summed E-state index contributed by atoms with van der Waals surface area (Å²) < 4.78 is 7.09. The number of rotatable bonds is 3. The molecule has 16 heavy (non-hydrogen) atoms. The van der Waals surface area contributed by atoms with E-state index in [1.165, 1.54) is 5.56 Å². The van der Waals surface area contributed by atoms with E-state index in [9.17, 15) is 0 Å². The molecular formula is C12H15N3O. The smallest absolute Gasteiger partial charge is 0.147 e. The fourth-order valence-electron chi connectivity index (χ4n) is 1.59. The molecule has 2 aromatic rings.